The largest absolute Gasteiger partial charge is 0.351 e. The molecule has 1 aliphatic carbocycles. The van der Waals surface area contributed by atoms with E-state index in [9.17, 15) is 9.59 Å². The quantitative estimate of drug-likeness (QED) is 0.839. The molecule has 1 aliphatic rings. The highest BCUT2D eigenvalue weighted by atomic mass is 32.1. The molecule has 0 radical (unpaired) electrons. The van der Waals surface area contributed by atoms with E-state index in [1.807, 2.05) is 37.4 Å². The van der Waals surface area contributed by atoms with Crippen LogP contribution in [0.4, 0.5) is 0 Å². The molecule has 0 spiro atoms. The molecular formula is C18H23N3O2S. The summed E-state index contributed by atoms with van der Waals surface area (Å²) in [5.41, 5.74) is 0.875. The molecule has 0 bridgehead atoms. The topological polar surface area (TPSA) is 64.0 Å². The van der Waals surface area contributed by atoms with E-state index in [1.165, 1.54) is 4.68 Å². The SMILES string of the molecule is CC(C)[C@@H](Cn1nc(C2CC2)ccc1=O)NC(=O)Cc1cccs1. The van der Waals surface area contributed by atoms with Gasteiger partial charge >= 0.3 is 0 Å². The third-order valence-electron chi connectivity index (χ3n) is 4.32. The van der Waals surface area contributed by atoms with Crippen molar-refractivity contribution in [3.63, 3.8) is 0 Å². The normalized spacial score (nSPS) is 15.5. The molecule has 0 aliphatic heterocycles. The van der Waals surface area contributed by atoms with E-state index in [1.54, 1.807) is 17.4 Å². The standard InChI is InChI=1S/C18H23N3O2S/c1-12(2)16(19-17(22)10-14-4-3-9-24-14)11-21-18(23)8-7-15(20-21)13-5-6-13/h3-4,7-9,12-13,16H,5-6,10-11H2,1-2H3,(H,19,22)/t16-/m1/s1. The monoisotopic (exact) mass is 345 g/mol. The van der Waals surface area contributed by atoms with Gasteiger partial charge in [-0.3, -0.25) is 9.59 Å². The number of thiophene rings is 1. The minimum atomic E-state index is -0.114. The maximum absolute atomic E-state index is 12.3. The molecule has 1 saturated carbocycles. The molecule has 0 unspecified atom stereocenters. The Morgan fingerprint density at radius 1 is 1.38 bits per heavy atom. The fraction of sp³-hybridized carbons (Fsp3) is 0.500. The molecule has 2 aromatic rings. The molecule has 6 heteroatoms. The Balaban J connectivity index is 1.68. The number of hydrogen-bond acceptors (Lipinski definition) is 4. The molecule has 0 aromatic carbocycles. The Morgan fingerprint density at radius 2 is 2.17 bits per heavy atom. The van der Waals surface area contributed by atoms with Crippen molar-refractivity contribution in [2.45, 2.75) is 51.6 Å². The average molecular weight is 345 g/mol. The van der Waals surface area contributed by atoms with Gasteiger partial charge in [0.2, 0.25) is 5.91 Å². The molecule has 3 rings (SSSR count). The number of hydrogen-bond donors (Lipinski definition) is 1. The second-order valence-electron chi connectivity index (χ2n) is 6.73. The van der Waals surface area contributed by atoms with Crippen molar-refractivity contribution in [1.82, 2.24) is 15.1 Å². The van der Waals surface area contributed by atoms with Crippen molar-refractivity contribution in [1.29, 1.82) is 0 Å². The zero-order valence-electron chi connectivity index (χ0n) is 14.1. The summed E-state index contributed by atoms with van der Waals surface area (Å²) in [6.45, 7) is 4.50. The fourth-order valence-electron chi connectivity index (χ4n) is 2.63. The Kier molecular flexibility index (Phi) is 5.14. The van der Waals surface area contributed by atoms with E-state index in [4.69, 9.17) is 0 Å². The first-order valence-electron chi connectivity index (χ1n) is 8.42. The molecule has 1 N–H and O–H groups in total. The number of aromatic nitrogens is 2. The lowest BCUT2D eigenvalue weighted by Gasteiger charge is -2.23. The smallest absolute Gasteiger partial charge is 0.266 e. The summed E-state index contributed by atoms with van der Waals surface area (Å²) >= 11 is 1.58. The van der Waals surface area contributed by atoms with E-state index in [-0.39, 0.29) is 23.4 Å². The van der Waals surface area contributed by atoms with Crippen molar-refractivity contribution in [3.05, 3.63) is 50.6 Å². The molecule has 2 heterocycles. The lowest BCUT2D eigenvalue weighted by Crippen LogP contribution is -2.44. The van der Waals surface area contributed by atoms with Crippen LogP contribution in [0, 0.1) is 5.92 Å². The van der Waals surface area contributed by atoms with Crippen LogP contribution in [0.1, 0.15) is 43.2 Å². The number of carbonyl (C=O) groups is 1. The minimum Gasteiger partial charge on any atom is -0.351 e. The van der Waals surface area contributed by atoms with Gasteiger partial charge in [-0.05, 0) is 36.3 Å². The van der Waals surface area contributed by atoms with Gasteiger partial charge in [-0.15, -0.1) is 11.3 Å². The van der Waals surface area contributed by atoms with Crippen molar-refractivity contribution in [2.24, 2.45) is 5.92 Å². The highest BCUT2D eigenvalue weighted by Gasteiger charge is 2.26. The van der Waals surface area contributed by atoms with Crippen LogP contribution in [0.2, 0.25) is 0 Å². The van der Waals surface area contributed by atoms with Crippen molar-refractivity contribution < 1.29 is 4.79 Å². The molecule has 1 atom stereocenters. The number of rotatable bonds is 7. The highest BCUT2D eigenvalue weighted by molar-refractivity contribution is 7.10. The molecule has 2 aromatic heterocycles. The first-order valence-corrected chi connectivity index (χ1v) is 9.30. The van der Waals surface area contributed by atoms with E-state index >= 15 is 0 Å². The van der Waals surface area contributed by atoms with Gasteiger partial charge in [-0.2, -0.15) is 5.10 Å². The van der Waals surface area contributed by atoms with Crippen LogP contribution in [0.25, 0.3) is 0 Å². The molecule has 5 nitrogen and oxygen atoms in total. The summed E-state index contributed by atoms with van der Waals surface area (Å²) in [4.78, 5) is 25.4. The number of nitrogens with one attached hydrogen (secondary N) is 1. The van der Waals surface area contributed by atoms with E-state index in [0.29, 0.717) is 18.9 Å². The Hall–Kier alpha value is -1.95. The average Bonchev–Trinajstić information content (AvgIpc) is 3.26. The molecule has 1 fully saturated rings. The number of carbonyl (C=O) groups excluding carboxylic acids is 1. The third kappa shape index (κ3) is 4.32. The number of amides is 1. The van der Waals surface area contributed by atoms with Crippen molar-refractivity contribution in [3.8, 4) is 0 Å². The van der Waals surface area contributed by atoms with E-state index in [0.717, 1.165) is 23.4 Å². The van der Waals surface area contributed by atoms with Gasteiger partial charge < -0.3 is 5.32 Å². The first kappa shape index (κ1) is 16.9. The van der Waals surface area contributed by atoms with Crippen molar-refractivity contribution >= 4 is 17.2 Å². The molecule has 128 valence electrons. The lowest BCUT2D eigenvalue weighted by molar-refractivity contribution is -0.121. The minimum absolute atomic E-state index is 0.0115. The predicted octanol–water partition coefficient (Wildman–Crippen LogP) is 2.57. The van der Waals surface area contributed by atoms with Gasteiger partial charge in [-0.25, -0.2) is 4.68 Å². The van der Waals surface area contributed by atoms with Crippen LogP contribution in [-0.2, 0) is 17.8 Å². The van der Waals surface area contributed by atoms with Crippen LogP contribution < -0.4 is 10.9 Å². The van der Waals surface area contributed by atoms with Crippen LogP contribution in [0.15, 0.2) is 34.4 Å². The molecular weight excluding hydrogens is 322 g/mol. The van der Waals surface area contributed by atoms with Gasteiger partial charge in [-0.1, -0.05) is 19.9 Å². The summed E-state index contributed by atoms with van der Waals surface area (Å²) < 4.78 is 1.50. The van der Waals surface area contributed by atoms with Gasteiger partial charge in [0.05, 0.1) is 24.7 Å². The summed E-state index contributed by atoms with van der Waals surface area (Å²) in [5, 5.41) is 9.52. The van der Waals surface area contributed by atoms with Gasteiger partial charge in [0.25, 0.3) is 5.56 Å². The van der Waals surface area contributed by atoms with Crippen LogP contribution in [0.3, 0.4) is 0 Å². The third-order valence-corrected chi connectivity index (χ3v) is 5.19. The maximum Gasteiger partial charge on any atom is 0.266 e. The van der Waals surface area contributed by atoms with Crippen LogP contribution in [0.5, 0.6) is 0 Å². The van der Waals surface area contributed by atoms with Crippen molar-refractivity contribution in [2.75, 3.05) is 0 Å². The van der Waals surface area contributed by atoms with E-state index < -0.39 is 0 Å². The molecule has 24 heavy (non-hydrogen) atoms. The van der Waals surface area contributed by atoms with Gasteiger partial charge in [0.1, 0.15) is 0 Å². The second-order valence-corrected chi connectivity index (χ2v) is 7.76. The summed E-state index contributed by atoms with van der Waals surface area (Å²) in [7, 11) is 0. The Morgan fingerprint density at radius 3 is 2.79 bits per heavy atom. The predicted molar refractivity (Wildman–Crippen MR) is 95.3 cm³/mol. The zero-order valence-corrected chi connectivity index (χ0v) is 14.9. The Bertz CT molecular complexity index is 748. The maximum atomic E-state index is 12.3. The molecule has 1 amide bonds. The van der Waals surface area contributed by atoms with Crippen LogP contribution in [-0.4, -0.2) is 21.7 Å². The summed E-state index contributed by atoms with van der Waals surface area (Å²) in [6, 6.07) is 7.21. The van der Waals surface area contributed by atoms with E-state index in [2.05, 4.69) is 10.4 Å². The fourth-order valence-corrected chi connectivity index (χ4v) is 3.33. The second kappa shape index (κ2) is 7.30. The van der Waals surface area contributed by atoms with Crippen LogP contribution >= 0.6 is 11.3 Å². The summed E-state index contributed by atoms with van der Waals surface area (Å²) in [6.07, 6.45) is 2.68. The Labute approximate surface area is 145 Å². The lowest BCUT2D eigenvalue weighted by atomic mass is 10.0. The zero-order chi connectivity index (χ0) is 17.1. The van der Waals surface area contributed by atoms with Gasteiger partial charge in [0, 0.05) is 16.9 Å². The van der Waals surface area contributed by atoms with Gasteiger partial charge in [0.15, 0.2) is 0 Å². The highest BCUT2D eigenvalue weighted by Crippen LogP contribution is 2.38. The summed E-state index contributed by atoms with van der Waals surface area (Å²) in [5.74, 6) is 0.709. The number of nitrogens with zero attached hydrogens (tertiary/aromatic N) is 2. The molecule has 0 saturated heterocycles. The first-order chi connectivity index (χ1) is 11.5.